The van der Waals surface area contributed by atoms with Gasteiger partial charge in [0.2, 0.25) is 0 Å². The van der Waals surface area contributed by atoms with Gasteiger partial charge in [0.15, 0.2) is 0 Å². The number of nitrogens with zero attached hydrogens (tertiary/aromatic N) is 3. The fraction of sp³-hybridized carbons (Fsp3) is 0.389. The van der Waals surface area contributed by atoms with Gasteiger partial charge in [-0.15, -0.1) is 0 Å². The predicted octanol–water partition coefficient (Wildman–Crippen LogP) is 3.49. The molecule has 1 N–H and O–H groups in total. The molecule has 5 nitrogen and oxygen atoms in total. The van der Waals surface area contributed by atoms with Crippen LogP contribution >= 0.6 is 0 Å². The van der Waals surface area contributed by atoms with Crippen LogP contribution in [0.5, 0.6) is 0 Å². The Morgan fingerprint density at radius 3 is 2.57 bits per heavy atom. The molecule has 23 heavy (non-hydrogen) atoms. The van der Waals surface area contributed by atoms with Crippen molar-refractivity contribution in [3.63, 3.8) is 0 Å². The highest BCUT2D eigenvalue weighted by molar-refractivity contribution is 5.75. The summed E-state index contributed by atoms with van der Waals surface area (Å²) in [4.78, 5) is 23.7. The third-order valence-electron chi connectivity index (χ3n) is 4.11. The van der Waals surface area contributed by atoms with Crippen molar-refractivity contribution in [2.24, 2.45) is 5.92 Å². The maximum Gasteiger partial charge on any atom is 0.270 e. The molecule has 0 aliphatic rings. The van der Waals surface area contributed by atoms with Gasteiger partial charge in [0.25, 0.3) is 5.56 Å². The van der Waals surface area contributed by atoms with Gasteiger partial charge in [-0.3, -0.25) is 4.79 Å². The number of fused-ring (bicyclic) bond motifs is 1. The smallest absolute Gasteiger partial charge is 0.270 e. The Morgan fingerprint density at radius 2 is 1.96 bits per heavy atom. The fourth-order valence-electron chi connectivity index (χ4n) is 3.02. The first-order valence-corrected chi connectivity index (χ1v) is 7.98. The van der Waals surface area contributed by atoms with Gasteiger partial charge in [-0.2, -0.15) is 0 Å². The Hall–Kier alpha value is -2.43. The van der Waals surface area contributed by atoms with Crippen molar-refractivity contribution in [2.75, 3.05) is 0 Å². The molecule has 0 aliphatic carbocycles. The zero-order valence-electron chi connectivity index (χ0n) is 13.9. The van der Waals surface area contributed by atoms with Crippen LogP contribution in [0.2, 0.25) is 0 Å². The molecule has 0 saturated carbocycles. The second kappa shape index (κ2) is 5.99. The summed E-state index contributed by atoms with van der Waals surface area (Å²) < 4.78 is 2.11. The highest BCUT2D eigenvalue weighted by Gasteiger charge is 2.18. The lowest BCUT2D eigenvalue weighted by Crippen LogP contribution is -2.18. The lowest BCUT2D eigenvalue weighted by atomic mass is 9.95. The van der Waals surface area contributed by atoms with Crippen LogP contribution in [0.4, 0.5) is 0 Å². The van der Waals surface area contributed by atoms with Crippen LogP contribution in [-0.2, 0) is 0 Å². The molecule has 0 fully saturated rings. The van der Waals surface area contributed by atoms with E-state index in [0.717, 1.165) is 11.0 Å². The lowest BCUT2D eigenvalue weighted by molar-refractivity contribution is 0.437. The summed E-state index contributed by atoms with van der Waals surface area (Å²) in [7, 11) is 0. The van der Waals surface area contributed by atoms with Gasteiger partial charge in [-0.25, -0.2) is 9.97 Å². The zero-order chi connectivity index (χ0) is 16.6. The van der Waals surface area contributed by atoms with E-state index in [1.54, 1.807) is 6.20 Å². The van der Waals surface area contributed by atoms with Crippen molar-refractivity contribution in [1.82, 2.24) is 19.5 Å². The molecular formula is C18H22N4O. The molecule has 0 saturated heterocycles. The first-order valence-electron chi connectivity index (χ1n) is 7.98. The molecule has 1 aromatic carbocycles. The minimum Gasteiger partial charge on any atom is -0.330 e. The molecule has 0 aliphatic heterocycles. The summed E-state index contributed by atoms with van der Waals surface area (Å²) in [5.74, 6) is 0.510. The van der Waals surface area contributed by atoms with Crippen LogP contribution in [0.3, 0.4) is 0 Å². The standard InChI is InChI=1S/C18H22N4O/c1-11(2)16-18(23)21-14-6-5-13(9-15(14)20-16)17(12(3)4)22-8-7-19-10-22/h5-12,17H,1-4H3,(H,21,23). The van der Waals surface area contributed by atoms with Gasteiger partial charge in [-0.05, 0) is 23.6 Å². The quantitative estimate of drug-likeness (QED) is 0.802. The Labute approximate surface area is 135 Å². The maximum absolute atomic E-state index is 12.1. The number of aromatic amines is 1. The van der Waals surface area contributed by atoms with Gasteiger partial charge >= 0.3 is 0 Å². The Balaban J connectivity index is 2.15. The van der Waals surface area contributed by atoms with E-state index in [0.29, 0.717) is 11.6 Å². The van der Waals surface area contributed by atoms with Gasteiger partial charge in [0, 0.05) is 18.3 Å². The van der Waals surface area contributed by atoms with Crippen LogP contribution in [0, 0.1) is 5.92 Å². The van der Waals surface area contributed by atoms with Crippen LogP contribution in [0.15, 0.2) is 41.7 Å². The zero-order valence-corrected chi connectivity index (χ0v) is 13.9. The SMILES string of the molecule is CC(C)c1nc2cc(C(C(C)C)n3ccnc3)ccc2[nH]c1=O. The van der Waals surface area contributed by atoms with Crippen LogP contribution in [0.1, 0.15) is 50.9 Å². The minimum absolute atomic E-state index is 0.0985. The second-order valence-corrected chi connectivity index (χ2v) is 6.58. The van der Waals surface area contributed by atoms with E-state index in [9.17, 15) is 4.79 Å². The molecule has 1 atom stereocenters. The topological polar surface area (TPSA) is 63.6 Å². The largest absolute Gasteiger partial charge is 0.330 e. The minimum atomic E-state index is -0.102. The first kappa shape index (κ1) is 15.5. The van der Waals surface area contributed by atoms with E-state index in [4.69, 9.17) is 0 Å². The number of benzene rings is 1. The van der Waals surface area contributed by atoms with Crippen molar-refractivity contribution in [1.29, 1.82) is 0 Å². The van der Waals surface area contributed by atoms with E-state index in [1.807, 2.05) is 32.4 Å². The van der Waals surface area contributed by atoms with E-state index in [2.05, 4.69) is 45.5 Å². The van der Waals surface area contributed by atoms with Gasteiger partial charge in [0.1, 0.15) is 5.69 Å². The molecule has 0 bridgehead atoms. The highest BCUT2D eigenvalue weighted by atomic mass is 16.1. The van der Waals surface area contributed by atoms with Gasteiger partial charge in [-0.1, -0.05) is 33.8 Å². The number of H-pyrrole nitrogens is 1. The average Bonchev–Trinajstić information content (AvgIpc) is 3.00. The number of nitrogens with one attached hydrogen (secondary N) is 1. The molecule has 1 unspecified atom stereocenters. The molecule has 5 heteroatoms. The molecule has 2 aromatic heterocycles. The number of hydrogen-bond donors (Lipinski definition) is 1. The van der Waals surface area contributed by atoms with E-state index in [1.165, 1.54) is 5.56 Å². The maximum atomic E-state index is 12.1. The predicted molar refractivity (Wildman–Crippen MR) is 91.7 cm³/mol. The van der Waals surface area contributed by atoms with Crippen LogP contribution in [0.25, 0.3) is 11.0 Å². The summed E-state index contributed by atoms with van der Waals surface area (Å²) >= 11 is 0. The summed E-state index contributed by atoms with van der Waals surface area (Å²) in [6, 6.07) is 6.26. The number of imidazole rings is 1. The van der Waals surface area contributed by atoms with Crippen molar-refractivity contribution in [2.45, 2.75) is 39.7 Å². The molecule has 0 spiro atoms. The Bertz CT molecular complexity index is 862. The third-order valence-corrected chi connectivity index (χ3v) is 4.11. The molecule has 0 amide bonds. The molecule has 120 valence electrons. The highest BCUT2D eigenvalue weighted by Crippen LogP contribution is 2.28. The van der Waals surface area contributed by atoms with Crippen molar-refractivity contribution in [3.8, 4) is 0 Å². The van der Waals surface area contributed by atoms with E-state index < -0.39 is 0 Å². The molecular weight excluding hydrogens is 288 g/mol. The van der Waals surface area contributed by atoms with E-state index >= 15 is 0 Å². The lowest BCUT2D eigenvalue weighted by Gasteiger charge is -2.23. The number of rotatable bonds is 4. The normalized spacial score (nSPS) is 13.1. The van der Waals surface area contributed by atoms with Crippen molar-refractivity contribution >= 4 is 11.0 Å². The second-order valence-electron chi connectivity index (χ2n) is 6.58. The van der Waals surface area contributed by atoms with Crippen molar-refractivity contribution < 1.29 is 0 Å². The van der Waals surface area contributed by atoms with Gasteiger partial charge in [0.05, 0.1) is 23.4 Å². The number of hydrogen-bond acceptors (Lipinski definition) is 3. The Kier molecular flexibility index (Phi) is 4.03. The summed E-state index contributed by atoms with van der Waals surface area (Å²) in [6.45, 7) is 8.34. The molecule has 3 rings (SSSR count). The summed E-state index contributed by atoms with van der Waals surface area (Å²) in [5, 5.41) is 0. The molecule has 2 heterocycles. The van der Waals surface area contributed by atoms with Crippen LogP contribution < -0.4 is 5.56 Å². The third kappa shape index (κ3) is 2.91. The Morgan fingerprint density at radius 1 is 1.17 bits per heavy atom. The van der Waals surface area contributed by atoms with E-state index in [-0.39, 0.29) is 17.5 Å². The average molecular weight is 310 g/mol. The van der Waals surface area contributed by atoms with Gasteiger partial charge < -0.3 is 9.55 Å². The fourth-order valence-corrected chi connectivity index (χ4v) is 3.02. The first-order chi connectivity index (χ1) is 11.0. The van der Waals surface area contributed by atoms with Crippen molar-refractivity contribution in [3.05, 3.63) is 58.5 Å². The molecule has 3 aromatic rings. The molecule has 0 radical (unpaired) electrons. The number of aromatic nitrogens is 4. The summed E-state index contributed by atoms with van der Waals surface area (Å²) in [5.41, 5.74) is 3.25. The van der Waals surface area contributed by atoms with Crippen LogP contribution in [-0.4, -0.2) is 19.5 Å². The monoisotopic (exact) mass is 310 g/mol. The summed E-state index contributed by atoms with van der Waals surface area (Å²) in [6.07, 6.45) is 5.62.